The van der Waals surface area contributed by atoms with E-state index in [1.54, 1.807) is 24.3 Å². The second-order valence-electron chi connectivity index (χ2n) is 14.3. The van der Waals surface area contributed by atoms with Gasteiger partial charge in [-0.3, -0.25) is 0 Å². The maximum Gasteiger partial charge on any atom is 0.422 e. The second-order valence-corrected chi connectivity index (χ2v) is 14.3. The predicted molar refractivity (Wildman–Crippen MR) is 199 cm³/mol. The minimum atomic E-state index is -4.68. The number of alkyl halides is 3. The van der Waals surface area contributed by atoms with Crippen molar-refractivity contribution in [1.29, 1.82) is 0 Å². The number of halogens is 9. The van der Waals surface area contributed by atoms with Crippen LogP contribution in [0.3, 0.4) is 0 Å². The third kappa shape index (κ3) is 12.5. The summed E-state index contributed by atoms with van der Waals surface area (Å²) in [6.45, 7) is 4.06. The first kappa shape index (κ1) is 43.6. The van der Waals surface area contributed by atoms with Crippen LogP contribution in [-0.4, -0.2) is 26.0 Å². The Balaban J connectivity index is 0.000000218. The minimum Gasteiger partial charge on any atom is -0.478 e. The van der Waals surface area contributed by atoms with Crippen molar-refractivity contribution in [2.24, 2.45) is 11.8 Å². The topological polar surface area (TPSA) is 36.9 Å². The van der Waals surface area contributed by atoms with Crippen molar-refractivity contribution in [3.05, 3.63) is 120 Å². The summed E-state index contributed by atoms with van der Waals surface area (Å²) in [5, 5.41) is 0. The predicted octanol–water partition coefficient (Wildman–Crippen LogP) is 13.9. The van der Waals surface area contributed by atoms with E-state index in [0.717, 1.165) is 93.6 Å². The van der Waals surface area contributed by atoms with Gasteiger partial charge in [0.25, 0.3) is 0 Å². The summed E-state index contributed by atoms with van der Waals surface area (Å²) in [4.78, 5) is 0. The molecule has 308 valence electrons. The molecule has 4 unspecified atom stereocenters. The van der Waals surface area contributed by atoms with Crippen LogP contribution in [0.1, 0.15) is 88.5 Å². The zero-order valence-corrected chi connectivity index (χ0v) is 31.6. The molecule has 4 aromatic rings. The highest BCUT2D eigenvalue weighted by atomic mass is 19.4. The average Bonchev–Trinajstić information content (AvgIpc) is 3.18. The molecule has 0 saturated carbocycles. The fraction of sp³-hybridized carbons (Fsp3) is 0.409. The van der Waals surface area contributed by atoms with Crippen LogP contribution in [0, 0.1) is 35.1 Å². The molecule has 4 aromatic carbocycles. The molecule has 2 heterocycles. The van der Waals surface area contributed by atoms with Gasteiger partial charge in [0.05, 0.1) is 25.4 Å². The Labute approximate surface area is 326 Å². The summed E-state index contributed by atoms with van der Waals surface area (Å²) >= 11 is 0. The van der Waals surface area contributed by atoms with Crippen molar-refractivity contribution in [1.82, 2.24) is 0 Å². The molecule has 0 aromatic heterocycles. The first-order chi connectivity index (χ1) is 27.2. The number of benzene rings is 4. The van der Waals surface area contributed by atoms with Gasteiger partial charge in [-0.1, -0.05) is 75.2 Å². The maximum atomic E-state index is 14.1. The number of ether oxygens (including phenoxy) is 4. The van der Waals surface area contributed by atoms with E-state index in [2.05, 4.69) is 23.3 Å². The fourth-order valence-electron chi connectivity index (χ4n) is 7.15. The van der Waals surface area contributed by atoms with Gasteiger partial charge in [-0.25, -0.2) is 17.6 Å². The van der Waals surface area contributed by atoms with Crippen molar-refractivity contribution in [2.45, 2.75) is 83.6 Å². The van der Waals surface area contributed by atoms with Crippen molar-refractivity contribution < 1.29 is 58.5 Å². The number of hydrogen-bond acceptors (Lipinski definition) is 4. The lowest BCUT2D eigenvalue weighted by atomic mass is 9.91. The van der Waals surface area contributed by atoms with Crippen LogP contribution in [-0.2, 0) is 9.47 Å². The smallest absolute Gasteiger partial charge is 0.422 e. The van der Waals surface area contributed by atoms with Gasteiger partial charge in [0.2, 0.25) is 0 Å². The van der Waals surface area contributed by atoms with Gasteiger partial charge in [-0.2, -0.15) is 22.0 Å². The molecule has 4 nitrogen and oxygen atoms in total. The Morgan fingerprint density at radius 3 is 1.35 bits per heavy atom. The fourth-order valence-corrected chi connectivity index (χ4v) is 7.15. The molecule has 0 bridgehead atoms. The van der Waals surface area contributed by atoms with Crippen molar-refractivity contribution in [2.75, 3.05) is 19.8 Å². The van der Waals surface area contributed by atoms with Gasteiger partial charge < -0.3 is 18.9 Å². The van der Waals surface area contributed by atoms with Crippen molar-refractivity contribution >= 4 is 0 Å². The van der Waals surface area contributed by atoms with Crippen molar-refractivity contribution in [3.63, 3.8) is 0 Å². The number of rotatable bonds is 12. The van der Waals surface area contributed by atoms with Crippen LogP contribution in [0.4, 0.5) is 39.5 Å². The molecule has 6 rings (SSSR count). The highest BCUT2D eigenvalue weighted by molar-refractivity contribution is 5.66. The highest BCUT2D eigenvalue weighted by Crippen LogP contribution is 2.37. The summed E-state index contributed by atoms with van der Waals surface area (Å²) in [5.74, 6) is -5.11. The van der Waals surface area contributed by atoms with Crippen LogP contribution in [0.15, 0.2) is 85.1 Å². The quantitative estimate of drug-likeness (QED) is 0.106. The van der Waals surface area contributed by atoms with Crippen LogP contribution in [0.25, 0.3) is 22.3 Å². The van der Waals surface area contributed by atoms with Gasteiger partial charge in [0, 0.05) is 0 Å². The van der Waals surface area contributed by atoms with E-state index < -0.39 is 53.6 Å². The molecule has 4 atom stereocenters. The summed E-state index contributed by atoms with van der Waals surface area (Å²) in [7, 11) is 0. The van der Waals surface area contributed by atoms with Gasteiger partial charge in [-0.05, 0) is 108 Å². The highest BCUT2D eigenvalue weighted by Gasteiger charge is 2.30. The van der Waals surface area contributed by atoms with E-state index >= 15 is 0 Å². The Morgan fingerprint density at radius 1 is 0.614 bits per heavy atom. The standard InChI is InChI=1S/C22H23F5O2.C22H22F4O2/c1-2-3-14-4-9-20(28-12-14)16-7-5-15(6-8-16)17-10-18(23)21(19(24)11-17)29-13-22(25,26)27;1-2-3-14-4-9-20(27-12-14)16-7-5-15(6-8-16)17-10-18(23)22(19(24)11-17)28-13-21(25)26/h5-8,10-11,14,20H,2-4,9,12-13H2,1H3;5-8,10-11,13-14,20H,2-4,9,12H2,1H3. The van der Waals surface area contributed by atoms with E-state index in [1.807, 2.05) is 24.3 Å². The molecule has 2 saturated heterocycles. The lowest BCUT2D eigenvalue weighted by Gasteiger charge is -2.29. The molecule has 0 aliphatic carbocycles. The molecular formula is C44H45F9O4. The molecule has 57 heavy (non-hydrogen) atoms. The van der Waals surface area contributed by atoms with Gasteiger partial charge in [0.15, 0.2) is 47.6 Å². The summed E-state index contributed by atoms with van der Waals surface area (Å²) in [6.07, 6.45) is 1.95. The van der Waals surface area contributed by atoms with Gasteiger partial charge in [0.1, 0.15) is 0 Å². The molecule has 0 N–H and O–H groups in total. The third-order valence-electron chi connectivity index (χ3n) is 10.0. The Hall–Kier alpha value is -4.49. The third-order valence-corrected chi connectivity index (χ3v) is 10.0. The first-order valence-corrected chi connectivity index (χ1v) is 19.0. The lowest BCUT2D eigenvalue weighted by Crippen LogP contribution is -2.20. The monoisotopic (exact) mass is 808 g/mol. The molecule has 13 heteroatoms. The molecule has 2 aliphatic rings. The van der Waals surface area contributed by atoms with Crippen LogP contribution in [0.5, 0.6) is 11.5 Å². The summed E-state index contributed by atoms with van der Waals surface area (Å²) < 4.78 is 138. The Bertz CT molecular complexity index is 1860. The normalized spacial score (nSPS) is 19.6. The number of hydrogen-bond donors (Lipinski definition) is 0. The van der Waals surface area contributed by atoms with Crippen LogP contribution >= 0.6 is 0 Å². The average molecular weight is 809 g/mol. The largest absolute Gasteiger partial charge is 0.478 e. The molecular weight excluding hydrogens is 763 g/mol. The molecule has 0 spiro atoms. The summed E-state index contributed by atoms with van der Waals surface area (Å²) in [5.41, 5.74) is 3.70. The van der Waals surface area contributed by atoms with E-state index in [0.29, 0.717) is 28.5 Å². The minimum absolute atomic E-state index is 0.00349. The molecule has 0 radical (unpaired) electrons. The molecule has 2 fully saturated rings. The van der Waals surface area contributed by atoms with Crippen LogP contribution < -0.4 is 9.47 Å². The zero-order chi connectivity index (χ0) is 41.1. The van der Waals surface area contributed by atoms with E-state index in [-0.39, 0.29) is 24.0 Å². The second kappa shape index (κ2) is 20.3. The Morgan fingerprint density at radius 2 is 1.02 bits per heavy atom. The first-order valence-electron chi connectivity index (χ1n) is 19.0. The molecule has 2 aliphatic heterocycles. The van der Waals surface area contributed by atoms with E-state index in [1.165, 1.54) is 6.42 Å². The van der Waals surface area contributed by atoms with Gasteiger partial charge in [-0.15, -0.1) is 0 Å². The van der Waals surface area contributed by atoms with E-state index in [4.69, 9.17) is 9.47 Å². The lowest BCUT2D eigenvalue weighted by molar-refractivity contribution is -0.154. The maximum absolute atomic E-state index is 14.1. The Kier molecular flexibility index (Phi) is 15.5. The summed E-state index contributed by atoms with van der Waals surface area (Å²) in [6, 6.07) is 18.5. The van der Waals surface area contributed by atoms with E-state index in [9.17, 15) is 39.5 Å². The van der Waals surface area contributed by atoms with Crippen LogP contribution in [0.2, 0.25) is 0 Å². The van der Waals surface area contributed by atoms with Crippen molar-refractivity contribution in [3.8, 4) is 33.8 Å². The van der Waals surface area contributed by atoms with Gasteiger partial charge >= 0.3 is 12.3 Å². The zero-order valence-electron chi connectivity index (χ0n) is 31.6. The SMILES string of the molecule is CCCC1CCC(c2ccc(-c3cc(F)c(OC=C(F)F)c(F)c3)cc2)OC1.CCCC1CCC(c2ccc(-c3cc(F)c(OCC(F)(F)F)c(F)c3)cc2)OC1. The molecule has 0 amide bonds.